The van der Waals surface area contributed by atoms with E-state index in [-0.39, 0.29) is 6.04 Å². The number of halogens is 1. The van der Waals surface area contributed by atoms with Crippen LogP contribution in [0.4, 0.5) is 0 Å². The van der Waals surface area contributed by atoms with Crippen LogP contribution < -0.4 is 0 Å². The van der Waals surface area contributed by atoms with Crippen molar-refractivity contribution in [3.8, 4) is 0 Å². The van der Waals surface area contributed by atoms with Gasteiger partial charge in [0.1, 0.15) is 0 Å². The van der Waals surface area contributed by atoms with E-state index in [0.29, 0.717) is 24.0 Å². The van der Waals surface area contributed by atoms with Crippen LogP contribution in [0.5, 0.6) is 0 Å². The van der Waals surface area contributed by atoms with Gasteiger partial charge in [0.15, 0.2) is 9.84 Å². The summed E-state index contributed by atoms with van der Waals surface area (Å²) >= 11 is 3.45. The van der Waals surface area contributed by atoms with E-state index in [0.717, 1.165) is 18.3 Å². The Morgan fingerprint density at radius 3 is 2.69 bits per heavy atom. The van der Waals surface area contributed by atoms with Gasteiger partial charge in [0.05, 0.1) is 11.5 Å². The van der Waals surface area contributed by atoms with Gasteiger partial charge in [-0.3, -0.25) is 4.90 Å². The lowest BCUT2D eigenvalue weighted by Gasteiger charge is -2.33. The zero-order valence-corrected chi connectivity index (χ0v) is 12.6. The average molecular weight is 312 g/mol. The van der Waals surface area contributed by atoms with E-state index < -0.39 is 9.84 Å². The molecule has 96 valence electrons. The van der Waals surface area contributed by atoms with Gasteiger partial charge in [-0.1, -0.05) is 22.9 Å². The van der Waals surface area contributed by atoms with Crippen LogP contribution in [0.1, 0.15) is 26.7 Å². The maximum Gasteiger partial charge on any atom is 0.153 e. The Hall–Kier alpha value is 0.390. The van der Waals surface area contributed by atoms with Crippen molar-refractivity contribution >= 4 is 25.8 Å². The molecule has 0 spiro atoms. The fraction of sp³-hybridized carbons (Fsp3) is 1.00. The fourth-order valence-electron chi connectivity index (χ4n) is 2.08. The highest BCUT2D eigenvalue weighted by atomic mass is 79.9. The zero-order valence-electron chi connectivity index (χ0n) is 10.2. The number of alkyl halides is 1. The second-order valence-corrected chi connectivity index (χ2v) is 7.89. The van der Waals surface area contributed by atoms with Crippen molar-refractivity contribution in [2.24, 2.45) is 5.92 Å². The van der Waals surface area contributed by atoms with Crippen LogP contribution >= 0.6 is 15.9 Å². The summed E-state index contributed by atoms with van der Waals surface area (Å²) in [6.07, 6.45) is 2.36. The molecule has 1 saturated heterocycles. The molecule has 2 unspecified atom stereocenters. The molecular weight excluding hydrogens is 290 g/mol. The summed E-state index contributed by atoms with van der Waals surface area (Å²) in [5.74, 6) is 1.38. The van der Waals surface area contributed by atoms with Crippen molar-refractivity contribution < 1.29 is 8.42 Å². The second-order valence-electron chi connectivity index (χ2n) is 4.87. The molecule has 0 amide bonds. The van der Waals surface area contributed by atoms with Gasteiger partial charge in [0.25, 0.3) is 0 Å². The molecule has 0 aromatic heterocycles. The lowest BCUT2D eigenvalue weighted by atomic mass is 10.0. The van der Waals surface area contributed by atoms with Gasteiger partial charge in [-0.2, -0.15) is 0 Å². The van der Waals surface area contributed by atoms with Crippen LogP contribution in [0.25, 0.3) is 0 Å². The van der Waals surface area contributed by atoms with Crippen LogP contribution in [-0.4, -0.2) is 49.3 Å². The topological polar surface area (TPSA) is 37.4 Å². The van der Waals surface area contributed by atoms with E-state index in [4.69, 9.17) is 0 Å². The van der Waals surface area contributed by atoms with Crippen LogP contribution in [0.15, 0.2) is 0 Å². The molecule has 1 aliphatic rings. The molecule has 1 heterocycles. The van der Waals surface area contributed by atoms with Crippen LogP contribution in [0, 0.1) is 5.92 Å². The molecule has 0 bridgehead atoms. The minimum Gasteiger partial charge on any atom is -0.299 e. The predicted octanol–water partition coefficient (Wildman–Crippen LogP) is 1.92. The van der Waals surface area contributed by atoms with Gasteiger partial charge in [0, 0.05) is 17.9 Å². The van der Waals surface area contributed by atoms with Gasteiger partial charge >= 0.3 is 0 Å². The lowest BCUT2D eigenvalue weighted by Crippen LogP contribution is -2.47. The molecule has 0 saturated carbocycles. The summed E-state index contributed by atoms with van der Waals surface area (Å²) in [6.45, 7) is 6.02. The normalized spacial score (nSPS) is 27.8. The molecule has 1 rings (SSSR count). The molecular formula is C11H22BrNO2S. The molecule has 1 fully saturated rings. The highest BCUT2D eigenvalue weighted by Gasteiger charge is 2.27. The monoisotopic (exact) mass is 311 g/mol. The summed E-state index contributed by atoms with van der Waals surface area (Å²) < 4.78 is 22.8. The Balaban J connectivity index is 2.33. The van der Waals surface area contributed by atoms with E-state index in [2.05, 4.69) is 27.8 Å². The standard InChI is InChI=1S/C11H22BrNO2S/c1-10(3-5-12)4-6-13-7-8-16(14,15)9-11(13)2/h10-11H,3-9H2,1-2H3. The molecule has 0 radical (unpaired) electrons. The Bertz CT molecular complexity index is 305. The van der Waals surface area contributed by atoms with Crippen LogP contribution in [0.3, 0.4) is 0 Å². The Morgan fingerprint density at radius 1 is 1.44 bits per heavy atom. The highest BCUT2D eigenvalue weighted by molar-refractivity contribution is 9.09. The second kappa shape index (κ2) is 6.36. The Kier molecular flexibility index (Phi) is 5.74. The first kappa shape index (κ1) is 14.5. The zero-order chi connectivity index (χ0) is 12.2. The quantitative estimate of drug-likeness (QED) is 0.728. The molecule has 5 heteroatoms. The minimum atomic E-state index is -2.76. The van der Waals surface area contributed by atoms with Crippen LogP contribution in [-0.2, 0) is 9.84 Å². The van der Waals surface area contributed by atoms with Crippen molar-refractivity contribution in [3.63, 3.8) is 0 Å². The molecule has 0 N–H and O–H groups in total. The minimum absolute atomic E-state index is 0.190. The van der Waals surface area contributed by atoms with Crippen molar-refractivity contribution in [3.05, 3.63) is 0 Å². The fourth-order valence-corrected chi connectivity index (χ4v) is 4.49. The number of rotatable bonds is 5. The lowest BCUT2D eigenvalue weighted by molar-refractivity contribution is 0.211. The summed E-state index contributed by atoms with van der Waals surface area (Å²) in [4.78, 5) is 2.31. The van der Waals surface area contributed by atoms with E-state index >= 15 is 0 Å². The number of nitrogens with zero attached hydrogens (tertiary/aromatic N) is 1. The molecule has 0 aromatic carbocycles. The first-order chi connectivity index (χ1) is 7.44. The van der Waals surface area contributed by atoms with Gasteiger partial charge in [-0.25, -0.2) is 8.42 Å². The molecule has 2 atom stereocenters. The smallest absolute Gasteiger partial charge is 0.153 e. The SMILES string of the molecule is CC(CCBr)CCN1CCS(=O)(=O)CC1C. The molecule has 0 aliphatic carbocycles. The van der Waals surface area contributed by atoms with Crippen molar-refractivity contribution in [2.75, 3.05) is 29.9 Å². The summed E-state index contributed by atoms with van der Waals surface area (Å²) in [6, 6.07) is 0.190. The first-order valence-corrected chi connectivity index (χ1v) is 8.89. The molecule has 3 nitrogen and oxygen atoms in total. The van der Waals surface area contributed by atoms with E-state index in [1.165, 1.54) is 6.42 Å². The molecule has 16 heavy (non-hydrogen) atoms. The van der Waals surface area contributed by atoms with E-state index in [1.807, 2.05) is 6.92 Å². The summed E-state index contributed by atoms with van der Waals surface area (Å²) in [5.41, 5.74) is 0. The van der Waals surface area contributed by atoms with Crippen molar-refractivity contribution in [2.45, 2.75) is 32.7 Å². The van der Waals surface area contributed by atoms with Gasteiger partial charge < -0.3 is 0 Å². The predicted molar refractivity (Wildman–Crippen MR) is 71.9 cm³/mol. The maximum absolute atomic E-state index is 11.4. The third-order valence-corrected chi connectivity index (χ3v) is 5.57. The third-order valence-electron chi connectivity index (χ3n) is 3.32. The van der Waals surface area contributed by atoms with Gasteiger partial charge in [-0.05, 0) is 32.2 Å². The first-order valence-electron chi connectivity index (χ1n) is 5.95. The maximum atomic E-state index is 11.4. The van der Waals surface area contributed by atoms with Crippen LogP contribution in [0.2, 0.25) is 0 Å². The number of hydrogen-bond donors (Lipinski definition) is 0. The van der Waals surface area contributed by atoms with E-state index in [9.17, 15) is 8.42 Å². The highest BCUT2D eigenvalue weighted by Crippen LogP contribution is 2.15. The van der Waals surface area contributed by atoms with Gasteiger partial charge in [0.2, 0.25) is 0 Å². The number of hydrogen-bond acceptors (Lipinski definition) is 3. The van der Waals surface area contributed by atoms with Crippen molar-refractivity contribution in [1.82, 2.24) is 4.90 Å². The molecule has 1 aliphatic heterocycles. The molecule has 0 aromatic rings. The largest absolute Gasteiger partial charge is 0.299 e. The summed E-state index contributed by atoms with van der Waals surface area (Å²) in [7, 11) is -2.76. The van der Waals surface area contributed by atoms with Crippen molar-refractivity contribution in [1.29, 1.82) is 0 Å². The number of sulfone groups is 1. The Labute approximate surface area is 108 Å². The van der Waals surface area contributed by atoms with Gasteiger partial charge in [-0.15, -0.1) is 0 Å². The average Bonchev–Trinajstić information content (AvgIpc) is 2.15. The Morgan fingerprint density at radius 2 is 2.12 bits per heavy atom. The summed E-state index contributed by atoms with van der Waals surface area (Å²) in [5, 5.41) is 1.05. The third kappa shape index (κ3) is 4.72. The van der Waals surface area contributed by atoms with E-state index in [1.54, 1.807) is 0 Å².